The summed E-state index contributed by atoms with van der Waals surface area (Å²) in [5.74, 6) is 0.635. The highest BCUT2D eigenvalue weighted by atomic mass is 15.0. The van der Waals surface area contributed by atoms with Crippen LogP contribution in [0.1, 0.15) is 75.8 Å². The van der Waals surface area contributed by atoms with Gasteiger partial charge in [0.2, 0.25) is 0 Å². The summed E-state index contributed by atoms with van der Waals surface area (Å²) in [6.07, 6.45) is 9.75. The third-order valence-electron chi connectivity index (χ3n) is 5.31. The van der Waals surface area contributed by atoms with E-state index in [1.165, 1.54) is 57.1 Å². The predicted molar refractivity (Wildman–Crippen MR) is 86.3 cm³/mol. The van der Waals surface area contributed by atoms with Gasteiger partial charge >= 0.3 is 0 Å². The second-order valence-corrected chi connectivity index (χ2v) is 7.27. The molecule has 2 fully saturated rings. The number of hydrogen-bond donors (Lipinski definition) is 1. The summed E-state index contributed by atoms with van der Waals surface area (Å²) in [4.78, 5) is 0. The molecule has 0 aliphatic heterocycles. The smallest absolute Gasteiger partial charge is 0.00778 e. The zero-order valence-corrected chi connectivity index (χ0v) is 13.1. The molecule has 0 spiro atoms. The lowest BCUT2D eigenvalue weighted by molar-refractivity contribution is 0.279. The summed E-state index contributed by atoms with van der Waals surface area (Å²) >= 11 is 0. The van der Waals surface area contributed by atoms with Crippen LogP contribution in [0.25, 0.3) is 0 Å². The molecule has 0 amide bonds. The highest BCUT2D eigenvalue weighted by Crippen LogP contribution is 2.40. The molecule has 1 nitrogen and oxygen atoms in total. The van der Waals surface area contributed by atoms with Crippen LogP contribution in [0.5, 0.6) is 0 Å². The van der Waals surface area contributed by atoms with Crippen molar-refractivity contribution in [3.05, 3.63) is 35.4 Å². The molecule has 2 aliphatic rings. The maximum Gasteiger partial charge on any atom is 0.00778 e. The van der Waals surface area contributed by atoms with E-state index in [2.05, 4.69) is 43.4 Å². The molecule has 1 heteroatoms. The van der Waals surface area contributed by atoms with Gasteiger partial charge in [0.15, 0.2) is 0 Å². The standard InChI is InChI=1S/C19H29N/c1-15(2)16-6-8-17(9-7-16)19(12-4-3-5-13-19)14-20-18-10-11-18/h6-9,15,18,20H,3-5,10-14H2,1-2H3. The van der Waals surface area contributed by atoms with Gasteiger partial charge in [0, 0.05) is 18.0 Å². The largest absolute Gasteiger partial charge is 0.313 e. The second-order valence-electron chi connectivity index (χ2n) is 7.27. The number of rotatable bonds is 5. The highest BCUT2D eigenvalue weighted by molar-refractivity contribution is 5.31. The van der Waals surface area contributed by atoms with Crippen LogP contribution in [0.15, 0.2) is 24.3 Å². The molecule has 0 aromatic heterocycles. The van der Waals surface area contributed by atoms with Crippen molar-refractivity contribution in [3.63, 3.8) is 0 Å². The van der Waals surface area contributed by atoms with Gasteiger partial charge in [0.25, 0.3) is 0 Å². The molecule has 1 aromatic carbocycles. The lowest BCUT2D eigenvalue weighted by Crippen LogP contribution is -2.40. The average Bonchev–Trinajstić information content (AvgIpc) is 3.30. The first kappa shape index (κ1) is 14.1. The van der Waals surface area contributed by atoms with Crippen LogP contribution in [0.4, 0.5) is 0 Å². The van der Waals surface area contributed by atoms with E-state index in [4.69, 9.17) is 0 Å². The summed E-state index contributed by atoms with van der Waals surface area (Å²) in [6, 6.07) is 10.4. The van der Waals surface area contributed by atoms with E-state index < -0.39 is 0 Å². The third kappa shape index (κ3) is 3.09. The van der Waals surface area contributed by atoms with Crippen molar-refractivity contribution >= 4 is 0 Å². The van der Waals surface area contributed by atoms with E-state index in [0.717, 1.165) is 6.04 Å². The molecule has 3 rings (SSSR count). The topological polar surface area (TPSA) is 12.0 Å². The molecule has 0 saturated heterocycles. The van der Waals surface area contributed by atoms with Crippen molar-refractivity contribution in [1.29, 1.82) is 0 Å². The third-order valence-corrected chi connectivity index (χ3v) is 5.31. The van der Waals surface area contributed by atoms with Crippen LogP contribution >= 0.6 is 0 Å². The van der Waals surface area contributed by atoms with Crippen LogP contribution in [-0.4, -0.2) is 12.6 Å². The number of nitrogens with one attached hydrogen (secondary N) is 1. The van der Waals surface area contributed by atoms with Gasteiger partial charge in [-0.3, -0.25) is 0 Å². The SMILES string of the molecule is CC(C)c1ccc(C2(CNC3CC3)CCCCC2)cc1. The van der Waals surface area contributed by atoms with E-state index in [9.17, 15) is 0 Å². The second kappa shape index (κ2) is 5.89. The van der Waals surface area contributed by atoms with Crippen LogP contribution in [0.3, 0.4) is 0 Å². The van der Waals surface area contributed by atoms with E-state index in [-0.39, 0.29) is 0 Å². The fourth-order valence-corrected chi connectivity index (χ4v) is 3.64. The molecule has 1 aromatic rings. The molecule has 0 heterocycles. The summed E-state index contributed by atoms with van der Waals surface area (Å²) in [5, 5.41) is 3.80. The van der Waals surface area contributed by atoms with Gasteiger partial charge in [0.05, 0.1) is 0 Å². The minimum absolute atomic E-state index is 0.413. The molecule has 0 unspecified atom stereocenters. The van der Waals surface area contributed by atoms with Crippen LogP contribution in [0.2, 0.25) is 0 Å². The zero-order valence-electron chi connectivity index (χ0n) is 13.1. The van der Waals surface area contributed by atoms with Crippen molar-refractivity contribution in [2.45, 2.75) is 76.2 Å². The average molecular weight is 271 g/mol. The Balaban J connectivity index is 1.79. The summed E-state index contributed by atoms with van der Waals surface area (Å²) in [7, 11) is 0. The Morgan fingerprint density at radius 3 is 2.25 bits per heavy atom. The Labute approximate surface area is 124 Å². The molecular formula is C19H29N. The van der Waals surface area contributed by atoms with Gasteiger partial charge in [0.1, 0.15) is 0 Å². The fraction of sp³-hybridized carbons (Fsp3) is 0.684. The van der Waals surface area contributed by atoms with E-state index in [1.807, 2.05) is 0 Å². The van der Waals surface area contributed by atoms with E-state index in [1.54, 1.807) is 5.56 Å². The van der Waals surface area contributed by atoms with Gasteiger partial charge in [-0.2, -0.15) is 0 Å². The molecule has 0 bridgehead atoms. The van der Waals surface area contributed by atoms with Crippen LogP contribution in [0, 0.1) is 0 Å². The molecular weight excluding hydrogens is 242 g/mol. The quantitative estimate of drug-likeness (QED) is 0.814. The van der Waals surface area contributed by atoms with E-state index in [0.29, 0.717) is 11.3 Å². The number of benzene rings is 1. The minimum atomic E-state index is 0.413. The maximum absolute atomic E-state index is 3.80. The molecule has 2 saturated carbocycles. The Morgan fingerprint density at radius 2 is 1.70 bits per heavy atom. The molecule has 2 aliphatic carbocycles. The summed E-state index contributed by atoms with van der Waals surface area (Å²) in [5.41, 5.74) is 3.46. The van der Waals surface area contributed by atoms with Crippen molar-refractivity contribution in [1.82, 2.24) is 5.32 Å². The van der Waals surface area contributed by atoms with Gasteiger partial charge < -0.3 is 5.32 Å². The van der Waals surface area contributed by atoms with Crippen molar-refractivity contribution in [2.24, 2.45) is 0 Å². The molecule has 1 N–H and O–H groups in total. The summed E-state index contributed by atoms with van der Waals surface area (Å²) in [6.45, 7) is 5.75. The first-order valence-corrected chi connectivity index (χ1v) is 8.53. The first-order chi connectivity index (χ1) is 9.70. The zero-order chi connectivity index (χ0) is 14.0. The van der Waals surface area contributed by atoms with Crippen molar-refractivity contribution in [3.8, 4) is 0 Å². The van der Waals surface area contributed by atoms with Crippen LogP contribution < -0.4 is 5.32 Å². The van der Waals surface area contributed by atoms with Gasteiger partial charge in [-0.15, -0.1) is 0 Å². The predicted octanol–water partition coefficient (Wildman–Crippen LogP) is 4.76. The van der Waals surface area contributed by atoms with Crippen LogP contribution in [-0.2, 0) is 5.41 Å². The lowest BCUT2D eigenvalue weighted by atomic mass is 9.69. The Bertz CT molecular complexity index is 422. The van der Waals surface area contributed by atoms with Gasteiger partial charge in [-0.05, 0) is 42.7 Å². The first-order valence-electron chi connectivity index (χ1n) is 8.53. The Kier molecular flexibility index (Phi) is 4.16. The molecule has 20 heavy (non-hydrogen) atoms. The normalized spacial score (nSPS) is 22.1. The fourth-order valence-electron chi connectivity index (χ4n) is 3.64. The monoisotopic (exact) mass is 271 g/mol. The summed E-state index contributed by atoms with van der Waals surface area (Å²) < 4.78 is 0. The minimum Gasteiger partial charge on any atom is -0.313 e. The Morgan fingerprint density at radius 1 is 1.05 bits per heavy atom. The van der Waals surface area contributed by atoms with E-state index >= 15 is 0 Å². The highest BCUT2D eigenvalue weighted by Gasteiger charge is 2.35. The maximum atomic E-state index is 3.80. The molecule has 0 radical (unpaired) electrons. The number of hydrogen-bond acceptors (Lipinski definition) is 1. The van der Waals surface area contributed by atoms with Gasteiger partial charge in [-0.1, -0.05) is 57.4 Å². The lowest BCUT2D eigenvalue weighted by Gasteiger charge is -2.38. The van der Waals surface area contributed by atoms with Crippen molar-refractivity contribution in [2.75, 3.05) is 6.54 Å². The van der Waals surface area contributed by atoms with Gasteiger partial charge in [-0.25, -0.2) is 0 Å². The Hall–Kier alpha value is -0.820. The molecule has 0 atom stereocenters. The molecule has 110 valence electrons. The van der Waals surface area contributed by atoms with Crippen molar-refractivity contribution < 1.29 is 0 Å².